The van der Waals surface area contributed by atoms with E-state index in [0.29, 0.717) is 12.5 Å². The van der Waals surface area contributed by atoms with Crippen molar-refractivity contribution in [2.24, 2.45) is 5.73 Å². The molecule has 4 rings (SSSR count). The predicted molar refractivity (Wildman–Crippen MR) is 133 cm³/mol. The first-order valence-corrected chi connectivity index (χ1v) is 11.4. The van der Waals surface area contributed by atoms with Crippen LogP contribution in [0.1, 0.15) is 21.5 Å². The number of likely N-dealkylation sites (N-methyl/N-ethyl adjacent to an activating group) is 1. The van der Waals surface area contributed by atoms with Crippen LogP contribution in [0.25, 0.3) is 11.1 Å². The largest absolute Gasteiger partial charge is 0.478 e. The number of anilines is 2. The number of aryl methyl sites for hydroxylation is 1. The third-order valence-corrected chi connectivity index (χ3v) is 6.08. The van der Waals surface area contributed by atoms with Crippen LogP contribution in [-0.4, -0.2) is 76.6 Å². The molecule has 0 radical (unpaired) electrons. The van der Waals surface area contributed by atoms with E-state index in [4.69, 9.17) is 10.8 Å². The molecule has 0 aliphatic carbocycles. The maximum atomic E-state index is 11.8. The van der Waals surface area contributed by atoms with Gasteiger partial charge in [-0.15, -0.1) is 0 Å². The van der Waals surface area contributed by atoms with Crippen LogP contribution in [0.2, 0.25) is 0 Å². The molecule has 0 spiro atoms. The van der Waals surface area contributed by atoms with Crippen LogP contribution < -0.4 is 15.5 Å². The minimum Gasteiger partial charge on any atom is -0.478 e. The molecule has 3 N–H and O–H groups in total. The molecule has 3 aromatic rings. The van der Waals surface area contributed by atoms with Crippen molar-refractivity contribution in [2.75, 3.05) is 49.6 Å². The zero-order valence-corrected chi connectivity index (χ0v) is 19.9. The molecule has 2 aromatic heterocycles. The quantitative estimate of drug-likeness (QED) is 0.525. The molecule has 0 atom stereocenters. The summed E-state index contributed by atoms with van der Waals surface area (Å²) in [6.45, 7) is 5.31. The lowest BCUT2D eigenvalue weighted by Gasteiger charge is -2.36. The summed E-state index contributed by atoms with van der Waals surface area (Å²) in [6.07, 6.45) is 5.04. The molecule has 1 aliphatic heterocycles. The van der Waals surface area contributed by atoms with Crippen molar-refractivity contribution in [2.45, 2.75) is 13.5 Å². The van der Waals surface area contributed by atoms with Gasteiger partial charge in [-0.3, -0.25) is 4.79 Å². The average Bonchev–Trinajstić information content (AvgIpc) is 2.88. The Morgan fingerprint density at radius 1 is 1.00 bits per heavy atom. The lowest BCUT2D eigenvalue weighted by atomic mass is 10.1. The fourth-order valence-electron chi connectivity index (χ4n) is 4.13. The Labute approximate surface area is 204 Å². The number of carbonyl (C=O) groups excluding carboxylic acids is 1. The number of nitrogens with zero attached hydrogens (tertiary/aromatic N) is 6. The molecule has 10 nitrogen and oxygen atoms in total. The molecule has 0 saturated carbocycles. The zero-order chi connectivity index (χ0) is 24.9. The molecule has 3 heterocycles. The average molecular weight is 476 g/mol. The Bertz CT molecular complexity index is 1210. The van der Waals surface area contributed by atoms with E-state index in [0.717, 1.165) is 54.3 Å². The second kappa shape index (κ2) is 10.5. The van der Waals surface area contributed by atoms with Crippen LogP contribution in [0.3, 0.4) is 0 Å². The molecule has 10 heteroatoms. The topological polar surface area (TPSA) is 129 Å². The minimum atomic E-state index is -0.974. The molecule has 182 valence electrons. The monoisotopic (exact) mass is 475 g/mol. The van der Waals surface area contributed by atoms with E-state index < -0.39 is 5.97 Å². The second-order valence-corrected chi connectivity index (χ2v) is 8.57. The number of hydrogen-bond donors (Lipinski definition) is 2. The van der Waals surface area contributed by atoms with Gasteiger partial charge in [0.25, 0.3) is 0 Å². The molecule has 35 heavy (non-hydrogen) atoms. The number of piperazine rings is 1. The Hall–Kier alpha value is -4.05. The number of amides is 1. The third kappa shape index (κ3) is 5.55. The summed E-state index contributed by atoms with van der Waals surface area (Å²) in [5.41, 5.74) is 9.38. The normalized spacial score (nSPS) is 13.6. The number of carboxylic acid groups (broad SMARTS) is 1. The number of nitrogens with two attached hydrogens (primary N) is 1. The number of aromatic nitrogens is 3. The third-order valence-electron chi connectivity index (χ3n) is 6.08. The zero-order valence-electron chi connectivity index (χ0n) is 19.9. The molecule has 1 aromatic carbocycles. The highest BCUT2D eigenvalue weighted by atomic mass is 16.4. The lowest BCUT2D eigenvalue weighted by molar-refractivity contribution is -0.128. The van der Waals surface area contributed by atoms with E-state index in [2.05, 4.69) is 24.8 Å². The van der Waals surface area contributed by atoms with Gasteiger partial charge in [-0.1, -0.05) is 18.2 Å². The van der Waals surface area contributed by atoms with Crippen molar-refractivity contribution in [1.29, 1.82) is 0 Å². The van der Waals surface area contributed by atoms with E-state index in [1.54, 1.807) is 18.0 Å². The highest BCUT2D eigenvalue weighted by Crippen LogP contribution is 2.23. The predicted octanol–water partition coefficient (Wildman–Crippen LogP) is 1.79. The van der Waals surface area contributed by atoms with Crippen molar-refractivity contribution in [3.8, 4) is 11.1 Å². The van der Waals surface area contributed by atoms with Crippen molar-refractivity contribution in [3.05, 3.63) is 65.6 Å². The number of benzene rings is 1. The number of carboxylic acids is 1. The number of hydrogen-bond acceptors (Lipinski definition) is 8. The summed E-state index contributed by atoms with van der Waals surface area (Å²) in [6, 6.07) is 9.61. The smallest absolute Gasteiger partial charge is 0.337 e. The minimum absolute atomic E-state index is 0.00707. The van der Waals surface area contributed by atoms with E-state index in [-0.39, 0.29) is 18.0 Å². The van der Waals surface area contributed by atoms with Gasteiger partial charge >= 0.3 is 5.97 Å². The Morgan fingerprint density at radius 3 is 2.31 bits per heavy atom. The molecule has 1 fully saturated rings. The number of rotatable bonds is 7. The van der Waals surface area contributed by atoms with Gasteiger partial charge < -0.3 is 25.5 Å². The molecular weight excluding hydrogens is 446 g/mol. The SMILES string of the molecule is Cc1cc(C(=O)O)cnc1N1CCN(c2ncc(-c3cccc(CN(C)C(=O)CN)c3)cn2)CC1. The maximum Gasteiger partial charge on any atom is 0.337 e. The first kappa shape index (κ1) is 24.1. The van der Waals surface area contributed by atoms with Crippen LogP contribution in [0.15, 0.2) is 48.9 Å². The van der Waals surface area contributed by atoms with Gasteiger partial charge in [-0.2, -0.15) is 0 Å². The summed E-state index contributed by atoms with van der Waals surface area (Å²) in [7, 11) is 1.74. The van der Waals surface area contributed by atoms with Crippen molar-refractivity contribution >= 4 is 23.6 Å². The van der Waals surface area contributed by atoms with Crippen molar-refractivity contribution in [3.63, 3.8) is 0 Å². The van der Waals surface area contributed by atoms with Crippen LogP contribution in [0.4, 0.5) is 11.8 Å². The van der Waals surface area contributed by atoms with Gasteiger partial charge in [0.15, 0.2) is 0 Å². The molecule has 1 amide bonds. The highest BCUT2D eigenvalue weighted by Gasteiger charge is 2.22. The van der Waals surface area contributed by atoms with Gasteiger partial charge in [0.1, 0.15) is 5.82 Å². The molecule has 0 unspecified atom stereocenters. The lowest BCUT2D eigenvalue weighted by Crippen LogP contribution is -2.47. The van der Waals surface area contributed by atoms with E-state index in [1.165, 1.54) is 6.20 Å². The standard InChI is InChI=1S/C25H29N7O3/c1-17-10-20(24(34)35)13-27-23(17)31-6-8-32(9-7-31)25-28-14-21(15-29-25)19-5-3-4-18(11-19)16-30(2)22(33)12-26/h3-5,10-11,13-15H,6-9,12,16,26H2,1-2H3,(H,34,35). The van der Waals surface area contributed by atoms with Crippen LogP contribution >= 0.6 is 0 Å². The molecule has 0 bridgehead atoms. The molecule has 1 aliphatic rings. The summed E-state index contributed by atoms with van der Waals surface area (Å²) < 4.78 is 0. The van der Waals surface area contributed by atoms with Gasteiger partial charge in [0.2, 0.25) is 11.9 Å². The van der Waals surface area contributed by atoms with Crippen LogP contribution in [0, 0.1) is 6.92 Å². The summed E-state index contributed by atoms with van der Waals surface area (Å²) >= 11 is 0. The Balaban J connectivity index is 1.39. The van der Waals surface area contributed by atoms with Crippen LogP contribution in [0.5, 0.6) is 0 Å². The summed E-state index contributed by atoms with van der Waals surface area (Å²) in [4.78, 5) is 42.4. The van der Waals surface area contributed by atoms with Gasteiger partial charge in [0.05, 0.1) is 12.1 Å². The van der Waals surface area contributed by atoms with Crippen molar-refractivity contribution in [1.82, 2.24) is 19.9 Å². The molecule has 1 saturated heterocycles. The van der Waals surface area contributed by atoms with Crippen LogP contribution in [-0.2, 0) is 11.3 Å². The number of pyridine rings is 1. The number of aromatic carboxylic acids is 1. The van der Waals surface area contributed by atoms with E-state index in [9.17, 15) is 9.59 Å². The van der Waals surface area contributed by atoms with E-state index in [1.807, 2.05) is 43.6 Å². The first-order valence-electron chi connectivity index (χ1n) is 11.4. The second-order valence-electron chi connectivity index (χ2n) is 8.57. The Morgan fingerprint density at radius 2 is 1.69 bits per heavy atom. The number of carbonyl (C=O) groups is 2. The summed E-state index contributed by atoms with van der Waals surface area (Å²) in [5.74, 6) is 0.401. The fourth-order valence-corrected chi connectivity index (χ4v) is 4.13. The van der Waals surface area contributed by atoms with Gasteiger partial charge in [-0.05, 0) is 35.7 Å². The summed E-state index contributed by atoms with van der Waals surface area (Å²) in [5, 5.41) is 9.15. The highest BCUT2D eigenvalue weighted by molar-refractivity contribution is 5.87. The first-order chi connectivity index (χ1) is 16.9. The van der Waals surface area contributed by atoms with Gasteiger partial charge in [0, 0.05) is 63.9 Å². The fraction of sp³-hybridized carbons (Fsp3) is 0.320. The van der Waals surface area contributed by atoms with Gasteiger partial charge in [-0.25, -0.2) is 19.7 Å². The Kier molecular flexibility index (Phi) is 7.21. The van der Waals surface area contributed by atoms with Crippen molar-refractivity contribution < 1.29 is 14.7 Å². The van der Waals surface area contributed by atoms with E-state index >= 15 is 0 Å². The molecular formula is C25H29N7O3. The maximum absolute atomic E-state index is 11.8.